The molecule has 1 saturated heterocycles. The van der Waals surface area contributed by atoms with Crippen molar-refractivity contribution in [2.24, 2.45) is 0 Å². The van der Waals surface area contributed by atoms with Crippen LogP contribution >= 0.6 is 11.5 Å². The van der Waals surface area contributed by atoms with E-state index in [9.17, 15) is 9.59 Å². The largest absolute Gasteiger partial charge is 0.481 e. The molecule has 6 nitrogen and oxygen atoms in total. The topological polar surface area (TPSA) is 79.7 Å². The van der Waals surface area contributed by atoms with Crippen LogP contribution in [0.4, 0.5) is 0 Å². The highest BCUT2D eigenvalue weighted by atomic mass is 32.1. The zero-order chi connectivity index (χ0) is 13.1. The van der Waals surface area contributed by atoms with Crippen molar-refractivity contribution in [2.45, 2.75) is 19.4 Å². The van der Waals surface area contributed by atoms with Gasteiger partial charge in [0, 0.05) is 11.9 Å². The number of rotatable bonds is 3. The highest BCUT2D eigenvalue weighted by Crippen LogP contribution is 2.18. The molecule has 1 unspecified atom stereocenters. The summed E-state index contributed by atoms with van der Waals surface area (Å²) >= 11 is 1.23. The van der Waals surface area contributed by atoms with Gasteiger partial charge in [0.2, 0.25) is 0 Å². The Kier molecular flexibility index (Phi) is 3.93. The van der Waals surface area contributed by atoms with Gasteiger partial charge in [0.1, 0.15) is 0 Å². The van der Waals surface area contributed by atoms with Crippen molar-refractivity contribution in [1.29, 1.82) is 0 Å². The first kappa shape index (κ1) is 13.0. The second-order valence-electron chi connectivity index (χ2n) is 4.14. The van der Waals surface area contributed by atoms with Crippen LogP contribution in [0.5, 0.6) is 0 Å². The standard InChI is InChI=1S/C11H14N2O4S/c1-7-9(6-18-12-7)11(16)13-2-3-17-5-8(13)4-10(14)15/h6,8H,2-5H2,1H3,(H,14,15). The van der Waals surface area contributed by atoms with Crippen LogP contribution in [0.25, 0.3) is 0 Å². The summed E-state index contributed by atoms with van der Waals surface area (Å²) in [7, 11) is 0. The van der Waals surface area contributed by atoms with Gasteiger partial charge in [-0.15, -0.1) is 0 Å². The van der Waals surface area contributed by atoms with Crippen molar-refractivity contribution >= 4 is 23.4 Å². The van der Waals surface area contributed by atoms with Gasteiger partial charge in [0.25, 0.3) is 5.91 Å². The zero-order valence-electron chi connectivity index (χ0n) is 9.96. The van der Waals surface area contributed by atoms with Gasteiger partial charge in [-0.2, -0.15) is 4.37 Å². The quantitative estimate of drug-likeness (QED) is 0.877. The normalized spacial score (nSPS) is 19.8. The summed E-state index contributed by atoms with van der Waals surface area (Å²) in [5, 5.41) is 10.5. The van der Waals surface area contributed by atoms with Crippen LogP contribution in [-0.2, 0) is 9.53 Å². The fraction of sp³-hybridized carbons (Fsp3) is 0.545. The van der Waals surface area contributed by atoms with Crippen LogP contribution in [0.15, 0.2) is 5.38 Å². The van der Waals surface area contributed by atoms with E-state index in [0.717, 1.165) is 0 Å². The lowest BCUT2D eigenvalue weighted by Gasteiger charge is -2.34. The van der Waals surface area contributed by atoms with Crippen LogP contribution in [0.3, 0.4) is 0 Å². The molecule has 1 aromatic rings. The van der Waals surface area contributed by atoms with Gasteiger partial charge in [-0.05, 0) is 18.5 Å². The van der Waals surface area contributed by atoms with Gasteiger partial charge in [-0.3, -0.25) is 9.59 Å². The number of carbonyl (C=O) groups is 2. The van der Waals surface area contributed by atoms with E-state index in [2.05, 4.69) is 4.37 Å². The maximum Gasteiger partial charge on any atom is 0.305 e. The lowest BCUT2D eigenvalue weighted by molar-refractivity contribution is -0.139. The molecule has 2 heterocycles. The first-order chi connectivity index (χ1) is 8.59. The van der Waals surface area contributed by atoms with E-state index in [-0.39, 0.29) is 18.9 Å². The van der Waals surface area contributed by atoms with E-state index in [1.807, 2.05) is 0 Å². The molecule has 1 fully saturated rings. The number of carboxylic acid groups (broad SMARTS) is 1. The molecule has 0 saturated carbocycles. The van der Waals surface area contributed by atoms with Crippen LogP contribution in [0, 0.1) is 6.92 Å². The molecule has 1 amide bonds. The molecule has 0 aliphatic carbocycles. The molecule has 0 radical (unpaired) electrons. The summed E-state index contributed by atoms with van der Waals surface area (Å²) in [5.41, 5.74) is 1.24. The summed E-state index contributed by atoms with van der Waals surface area (Å²) in [4.78, 5) is 24.7. The smallest absolute Gasteiger partial charge is 0.305 e. The lowest BCUT2D eigenvalue weighted by Crippen LogP contribution is -2.49. The summed E-state index contributed by atoms with van der Waals surface area (Å²) in [6.07, 6.45) is -0.0949. The maximum absolute atomic E-state index is 12.3. The van der Waals surface area contributed by atoms with Gasteiger partial charge in [0.15, 0.2) is 0 Å². The fourth-order valence-corrected chi connectivity index (χ4v) is 2.63. The second kappa shape index (κ2) is 5.45. The molecule has 0 aromatic carbocycles. The van der Waals surface area contributed by atoms with Crippen LogP contribution < -0.4 is 0 Å². The molecule has 0 spiro atoms. The zero-order valence-corrected chi connectivity index (χ0v) is 10.8. The van der Waals surface area contributed by atoms with E-state index in [1.165, 1.54) is 11.5 Å². The van der Waals surface area contributed by atoms with Crippen LogP contribution in [-0.4, -0.2) is 52.1 Å². The van der Waals surface area contributed by atoms with E-state index in [4.69, 9.17) is 9.84 Å². The van der Waals surface area contributed by atoms with Crippen LogP contribution in [0.1, 0.15) is 22.5 Å². The Morgan fingerprint density at radius 1 is 1.67 bits per heavy atom. The third-order valence-electron chi connectivity index (χ3n) is 2.88. The molecule has 1 aliphatic heterocycles. The van der Waals surface area contributed by atoms with Crippen molar-refractivity contribution in [2.75, 3.05) is 19.8 Å². The Bertz CT molecular complexity index is 460. The Labute approximate surface area is 108 Å². The van der Waals surface area contributed by atoms with Gasteiger partial charge < -0.3 is 14.7 Å². The van der Waals surface area contributed by atoms with Crippen molar-refractivity contribution in [3.8, 4) is 0 Å². The average molecular weight is 270 g/mol. The predicted octanol–water partition coefficient (Wildman–Crippen LogP) is 0.767. The van der Waals surface area contributed by atoms with Crippen molar-refractivity contribution in [1.82, 2.24) is 9.27 Å². The summed E-state index contributed by atoms with van der Waals surface area (Å²) < 4.78 is 9.31. The number of carboxylic acids is 1. The number of aromatic nitrogens is 1. The fourth-order valence-electron chi connectivity index (χ4n) is 1.95. The number of aliphatic carboxylic acids is 1. The van der Waals surface area contributed by atoms with E-state index >= 15 is 0 Å². The lowest BCUT2D eigenvalue weighted by atomic mass is 10.1. The molecule has 1 aliphatic rings. The molecule has 1 N–H and O–H groups in total. The van der Waals surface area contributed by atoms with Crippen molar-refractivity contribution in [3.05, 3.63) is 16.6 Å². The molecule has 2 rings (SSSR count). The monoisotopic (exact) mass is 270 g/mol. The Balaban J connectivity index is 2.16. The average Bonchev–Trinajstić information content (AvgIpc) is 2.74. The first-order valence-corrected chi connectivity index (χ1v) is 6.44. The van der Waals surface area contributed by atoms with Gasteiger partial charge >= 0.3 is 5.97 Å². The SMILES string of the molecule is Cc1nscc1C(=O)N1CCOCC1CC(=O)O. The number of amides is 1. The summed E-state index contributed by atoms with van der Waals surface area (Å²) in [6, 6.07) is -0.400. The molecular weight excluding hydrogens is 256 g/mol. The number of morpholine rings is 1. The minimum atomic E-state index is -0.927. The Morgan fingerprint density at radius 3 is 3.06 bits per heavy atom. The molecule has 1 atom stereocenters. The Hall–Kier alpha value is -1.47. The van der Waals surface area contributed by atoms with Crippen LogP contribution in [0.2, 0.25) is 0 Å². The Morgan fingerprint density at radius 2 is 2.44 bits per heavy atom. The minimum Gasteiger partial charge on any atom is -0.481 e. The number of carbonyl (C=O) groups excluding carboxylic acids is 1. The number of aryl methyl sites for hydroxylation is 1. The molecule has 0 bridgehead atoms. The van der Waals surface area contributed by atoms with E-state index < -0.39 is 12.0 Å². The van der Waals surface area contributed by atoms with Gasteiger partial charge in [-0.1, -0.05) is 0 Å². The second-order valence-corrected chi connectivity index (χ2v) is 4.77. The molecule has 98 valence electrons. The molecule has 7 heteroatoms. The first-order valence-electron chi connectivity index (χ1n) is 5.61. The minimum absolute atomic E-state index is 0.0949. The number of nitrogens with zero attached hydrogens (tertiary/aromatic N) is 2. The molecule has 1 aromatic heterocycles. The third-order valence-corrected chi connectivity index (χ3v) is 3.60. The maximum atomic E-state index is 12.3. The third kappa shape index (κ3) is 2.68. The molecular formula is C11H14N2O4S. The van der Waals surface area contributed by atoms with Gasteiger partial charge in [-0.25, -0.2) is 0 Å². The number of ether oxygens (including phenoxy) is 1. The van der Waals surface area contributed by atoms with E-state index in [0.29, 0.717) is 24.4 Å². The van der Waals surface area contributed by atoms with Crippen molar-refractivity contribution in [3.63, 3.8) is 0 Å². The molecule has 18 heavy (non-hydrogen) atoms. The van der Waals surface area contributed by atoms with E-state index in [1.54, 1.807) is 17.2 Å². The summed E-state index contributed by atoms with van der Waals surface area (Å²) in [6.45, 7) is 2.91. The summed E-state index contributed by atoms with van der Waals surface area (Å²) in [5.74, 6) is -1.08. The number of hydrogen-bond donors (Lipinski definition) is 1. The van der Waals surface area contributed by atoms with Crippen molar-refractivity contribution < 1.29 is 19.4 Å². The van der Waals surface area contributed by atoms with Gasteiger partial charge in [0.05, 0.1) is 36.9 Å². The predicted molar refractivity (Wildman–Crippen MR) is 64.7 cm³/mol. The number of hydrogen-bond acceptors (Lipinski definition) is 5. The highest BCUT2D eigenvalue weighted by molar-refractivity contribution is 7.03. The highest BCUT2D eigenvalue weighted by Gasteiger charge is 2.30.